The molecule has 3 rings (SSSR count). The number of hydrogen-bond donors (Lipinski definition) is 2. The molecule has 0 bridgehead atoms. The highest BCUT2D eigenvalue weighted by Gasteiger charge is 2.10. The van der Waals surface area contributed by atoms with Gasteiger partial charge in [-0.3, -0.25) is 4.99 Å². The molecule has 0 spiro atoms. The lowest BCUT2D eigenvalue weighted by molar-refractivity contribution is 0.912. The van der Waals surface area contributed by atoms with Crippen LogP contribution in [0.15, 0.2) is 28.6 Å². The Balaban J connectivity index is 1.55. The second-order valence-corrected chi connectivity index (χ2v) is 6.40. The van der Waals surface area contributed by atoms with Crippen LogP contribution in [0.1, 0.15) is 28.2 Å². The molecule has 1 aromatic carbocycles. The maximum atomic E-state index is 5.94. The van der Waals surface area contributed by atoms with E-state index in [4.69, 9.17) is 5.73 Å². The molecule has 2 aromatic rings. The van der Waals surface area contributed by atoms with Crippen molar-refractivity contribution in [1.29, 1.82) is 0 Å². The average molecular weight is 300 g/mol. The lowest BCUT2D eigenvalue weighted by atomic mass is 10.1. The van der Waals surface area contributed by atoms with E-state index in [-0.39, 0.29) is 0 Å². The lowest BCUT2D eigenvalue weighted by Gasteiger charge is -2.07. The van der Waals surface area contributed by atoms with E-state index in [9.17, 15) is 0 Å². The first-order valence-corrected chi connectivity index (χ1v) is 8.18. The number of thiazole rings is 1. The van der Waals surface area contributed by atoms with Crippen LogP contribution in [0, 0.1) is 6.92 Å². The quantitative estimate of drug-likeness (QED) is 0.674. The van der Waals surface area contributed by atoms with Gasteiger partial charge in [-0.15, -0.1) is 11.3 Å². The van der Waals surface area contributed by atoms with Gasteiger partial charge in [0.1, 0.15) is 0 Å². The van der Waals surface area contributed by atoms with E-state index in [2.05, 4.69) is 38.9 Å². The van der Waals surface area contributed by atoms with Gasteiger partial charge in [0.15, 0.2) is 5.96 Å². The molecule has 0 atom stereocenters. The number of nitrogens with zero attached hydrogens (tertiary/aromatic N) is 2. The summed E-state index contributed by atoms with van der Waals surface area (Å²) < 4.78 is 0. The second-order valence-electron chi connectivity index (χ2n) is 5.34. The van der Waals surface area contributed by atoms with Gasteiger partial charge in [-0.1, -0.05) is 6.07 Å². The van der Waals surface area contributed by atoms with E-state index < -0.39 is 0 Å². The monoisotopic (exact) mass is 300 g/mol. The van der Waals surface area contributed by atoms with Crippen molar-refractivity contribution in [3.05, 3.63) is 45.4 Å². The number of aliphatic imine (C=N–C) groups is 1. The molecule has 0 saturated carbocycles. The predicted molar refractivity (Wildman–Crippen MR) is 89.1 cm³/mol. The molecule has 0 radical (unpaired) electrons. The minimum absolute atomic E-state index is 0.472. The summed E-state index contributed by atoms with van der Waals surface area (Å²) in [5, 5.41) is 6.35. The summed E-state index contributed by atoms with van der Waals surface area (Å²) in [4.78, 5) is 8.78. The Kier molecular flexibility index (Phi) is 4.20. The highest BCUT2D eigenvalue weighted by Crippen LogP contribution is 2.24. The molecule has 0 fully saturated rings. The van der Waals surface area contributed by atoms with E-state index in [1.54, 1.807) is 11.3 Å². The number of fused-ring (bicyclic) bond motifs is 1. The fraction of sp³-hybridized carbons (Fsp3) is 0.375. The largest absolute Gasteiger partial charge is 0.370 e. The number of nitrogens with one attached hydrogen (secondary N) is 1. The number of benzene rings is 1. The van der Waals surface area contributed by atoms with Crippen LogP contribution in [0.25, 0.3) is 0 Å². The topological polar surface area (TPSA) is 63.3 Å². The number of aryl methyl sites for hydroxylation is 3. The van der Waals surface area contributed by atoms with Gasteiger partial charge < -0.3 is 11.1 Å². The van der Waals surface area contributed by atoms with E-state index >= 15 is 0 Å². The molecule has 4 nitrogen and oxygen atoms in total. The second kappa shape index (κ2) is 6.26. The van der Waals surface area contributed by atoms with Crippen molar-refractivity contribution < 1.29 is 0 Å². The first kappa shape index (κ1) is 14.1. The summed E-state index contributed by atoms with van der Waals surface area (Å²) >= 11 is 1.67. The molecular weight excluding hydrogens is 280 g/mol. The number of hydrogen-bond acceptors (Lipinski definition) is 3. The minimum Gasteiger partial charge on any atom is -0.370 e. The molecule has 1 aliphatic carbocycles. The number of aromatic nitrogens is 1. The average Bonchev–Trinajstić information content (AvgIpc) is 3.07. The first-order chi connectivity index (χ1) is 10.2. The van der Waals surface area contributed by atoms with Crippen molar-refractivity contribution >= 4 is 23.0 Å². The molecule has 21 heavy (non-hydrogen) atoms. The van der Waals surface area contributed by atoms with Crippen LogP contribution in [0.2, 0.25) is 0 Å². The summed E-state index contributed by atoms with van der Waals surface area (Å²) in [5.41, 5.74) is 11.0. The fourth-order valence-electron chi connectivity index (χ4n) is 2.65. The Morgan fingerprint density at radius 3 is 3.05 bits per heavy atom. The lowest BCUT2D eigenvalue weighted by Crippen LogP contribution is -2.23. The van der Waals surface area contributed by atoms with Crippen LogP contribution >= 0.6 is 11.3 Å². The van der Waals surface area contributed by atoms with E-state index in [1.807, 2.05) is 6.92 Å². The van der Waals surface area contributed by atoms with Crippen molar-refractivity contribution in [2.75, 3.05) is 11.9 Å². The van der Waals surface area contributed by atoms with Gasteiger partial charge in [0, 0.05) is 24.0 Å². The molecule has 1 aromatic heterocycles. The van der Waals surface area contributed by atoms with Crippen LogP contribution in [-0.2, 0) is 19.3 Å². The first-order valence-electron chi connectivity index (χ1n) is 7.30. The number of rotatable bonds is 4. The van der Waals surface area contributed by atoms with E-state index in [0.717, 1.165) is 22.8 Å². The molecule has 1 aliphatic rings. The van der Waals surface area contributed by atoms with Gasteiger partial charge in [-0.25, -0.2) is 4.98 Å². The van der Waals surface area contributed by atoms with Crippen molar-refractivity contribution in [3.63, 3.8) is 0 Å². The summed E-state index contributed by atoms with van der Waals surface area (Å²) in [5.74, 6) is 0.472. The normalized spacial score (nSPS) is 14.2. The number of nitrogens with two attached hydrogens (primary N) is 1. The summed E-state index contributed by atoms with van der Waals surface area (Å²) in [7, 11) is 0. The zero-order chi connectivity index (χ0) is 14.7. The van der Waals surface area contributed by atoms with Gasteiger partial charge in [0.25, 0.3) is 0 Å². The van der Waals surface area contributed by atoms with Crippen LogP contribution in [0.5, 0.6) is 0 Å². The predicted octanol–water partition coefficient (Wildman–Crippen LogP) is 2.91. The summed E-state index contributed by atoms with van der Waals surface area (Å²) in [6.45, 7) is 2.67. The zero-order valence-corrected chi connectivity index (χ0v) is 13.0. The highest BCUT2D eigenvalue weighted by atomic mass is 32.1. The van der Waals surface area contributed by atoms with Gasteiger partial charge >= 0.3 is 0 Å². The zero-order valence-electron chi connectivity index (χ0n) is 12.2. The third kappa shape index (κ3) is 3.61. The molecule has 0 unspecified atom stereocenters. The Bertz CT molecular complexity index is 660. The van der Waals surface area contributed by atoms with Gasteiger partial charge in [0.05, 0.1) is 10.7 Å². The summed E-state index contributed by atoms with van der Waals surface area (Å²) in [6.07, 6.45) is 4.46. The molecular formula is C16H20N4S. The molecule has 110 valence electrons. The molecule has 1 heterocycles. The maximum absolute atomic E-state index is 5.94. The molecule has 0 saturated heterocycles. The van der Waals surface area contributed by atoms with Gasteiger partial charge in [-0.2, -0.15) is 0 Å². The van der Waals surface area contributed by atoms with Gasteiger partial charge in [-0.05, 0) is 49.4 Å². The van der Waals surface area contributed by atoms with E-state index in [0.29, 0.717) is 12.5 Å². The molecule has 0 amide bonds. The Labute approximate surface area is 129 Å². The van der Waals surface area contributed by atoms with Crippen LogP contribution in [0.4, 0.5) is 5.69 Å². The van der Waals surface area contributed by atoms with Crippen LogP contribution in [-0.4, -0.2) is 17.5 Å². The van der Waals surface area contributed by atoms with Crippen molar-refractivity contribution in [1.82, 2.24) is 4.98 Å². The fourth-order valence-corrected chi connectivity index (χ4v) is 3.30. The minimum atomic E-state index is 0.472. The SMILES string of the molecule is Cc1nc(CCN=C(N)Nc2ccc3c(c2)CCC3)cs1. The van der Waals surface area contributed by atoms with E-state index in [1.165, 1.54) is 30.4 Å². The number of anilines is 1. The Hall–Kier alpha value is -1.88. The third-order valence-electron chi connectivity index (χ3n) is 3.69. The highest BCUT2D eigenvalue weighted by molar-refractivity contribution is 7.09. The molecule has 5 heteroatoms. The van der Waals surface area contributed by atoms with Gasteiger partial charge in [0.2, 0.25) is 0 Å². The molecule has 3 N–H and O–H groups in total. The van der Waals surface area contributed by atoms with Crippen molar-refractivity contribution in [2.24, 2.45) is 10.7 Å². The Morgan fingerprint density at radius 1 is 1.38 bits per heavy atom. The molecule has 0 aliphatic heterocycles. The summed E-state index contributed by atoms with van der Waals surface area (Å²) in [6, 6.07) is 6.46. The van der Waals surface area contributed by atoms with Crippen molar-refractivity contribution in [3.8, 4) is 0 Å². The number of guanidine groups is 1. The Morgan fingerprint density at radius 2 is 2.24 bits per heavy atom. The standard InChI is InChI=1S/C16H20N4S/c1-11-19-15(10-21-11)7-8-18-16(17)20-14-6-5-12-3-2-4-13(12)9-14/h5-6,9-10H,2-4,7-8H2,1H3,(H3,17,18,20). The van der Waals surface area contributed by atoms with Crippen molar-refractivity contribution in [2.45, 2.75) is 32.6 Å². The van der Waals surface area contributed by atoms with Crippen LogP contribution in [0.3, 0.4) is 0 Å². The van der Waals surface area contributed by atoms with Crippen LogP contribution < -0.4 is 11.1 Å². The maximum Gasteiger partial charge on any atom is 0.193 e. The third-order valence-corrected chi connectivity index (χ3v) is 4.51. The smallest absolute Gasteiger partial charge is 0.193 e.